The van der Waals surface area contributed by atoms with Crippen molar-refractivity contribution in [3.63, 3.8) is 0 Å². The van der Waals surface area contributed by atoms with Gasteiger partial charge in [0, 0.05) is 45.3 Å². The lowest BCUT2D eigenvalue weighted by atomic mass is 10.4. The Labute approximate surface area is 136 Å². The first kappa shape index (κ1) is 17.6. The Balaban J connectivity index is 2.15. The van der Waals surface area contributed by atoms with Gasteiger partial charge in [0.15, 0.2) is 0 Å². The van der Waals surface area contributed by atoms with Gasteiger partial charge in [-0.1, -0.05) is 17.7 Å². The molecule has 0 aromatic heterocycles. The summed E-state index contributed by atoms with van der Waals surface area (Å²) >= 11 is 5.83. The van der Waals surface area contributed by atoms with E-state index in [9.17, 15) is 16.8 Å². The first-order valence-corrected chi connectivity index (χ1v) is 9.80. The van der Waals surface area contributed by atoms with Gasteiger partial charge in [0.2, 0.25) is 10.0 Å². The smallest absolute Gasteiger partial charge is 0.207 e. The van der Waals surface area contributed by atoms with Gasteiger partial charge >= 0.3 is 0 Å². The summed E-state index contributed by atoms with van der Waals surface area (Å²) in [4.78, 5) is 0.115. The third kappa shape index (κ3) is 3.44. The molecule has 0 aliphatic carbocycles. The molecule has 0 saturated carbocycles. The number of nitrogens with zero attached hydrogens (tertiary/aromatic N) is 3. The summed E-state index contributed by atoms with van der Waals surface area (Å²) in [6.45, 7) is 0.477. The van der Waals surface area contributed by atoms with E-state index in [2.05, 4.69) is 0 Å². The molecule has 1 aliphatic heterocycles. The van der Waals surface area contributed by atoms with Gasteiger partial charge in [0.25, 0.3) is 10.2 Å². The lowest BCUT2D eigenvalue weighted by Gasteiger charge is -2.34. The van der Waals surface area contributed by atoms with Crippen molar-refractivity contribution in [1.82, 2.24) is 12.9 Å². The van der Waals surface area contributed by atoms with Crippen LogP contribution in [0.1, 0.15) is 0 Å². The zero-order chi connectivity index (χ0) is 16.5. The lowest BCUT2D eigenvalue weighted by molar-refractivity contribution is 0.262. The monoisotopic (exact) mass is 367 g/mol. The molecular weight excluding hydrogens is 350 g/mol. The molecule has 0 unspecified atom stereocenters. The molecular formula is C12H18ClN3O4S2. The van der Waals surface area contributed by atoms with E-state index in [0.29, 0.717) is 5.02 Å². The van der Waals surface area contributed by atoms with Gasteiger partial charge in [0.05, 0.1) is 4.90 Å². The van der Waals surface area contributed by atoms with Crippen molar-refractivity contribution in [1.29, 1.82) is 0 Å². The normalized spacial score (nSPS) is 18.7. The fourth-order valence-electron chi connectivity index (χ4n) is 2.15. The molecule has 124 valence electrons. The molecule has 0 bridgehead atoms. The van der Waals surface area contributed by atoms with Crippen molar-refractivity contribution in [3.8, 4) is 0 Å². The molecule has 0 N–H and O–H groups in total. The predicted octanol–water partition coefficient (Wildman–Crippen LogP) is 0.453. The highest BCUT2D eigenvalue weighted by atomic mass is 35.5. The number of hydrogen-bond donors (Lipinski definition) is 0. The van der Waals surface area contributed by atoms with E-state index >= 15 is 0 Å². The Morgan fingerprint density at radius 2 is 1.55 bits per heavy atom. The van der Waals surface area contributed by atoms with Gasteiger partial charge in [-0.15, -0.1) is 0 Å². The zero-order valence-corrected chi connectivity index (χ0v) is 14.7. The zero-order valence-electron chi connectivity index (χ0n) is 12.3. The van der Waals surface area contributed by atoms with E-state index in [4.69, 9.17) is 11.6 Å². The van der Waals surface area contributed by atoms with Crippen LogP contribution in [0.4, 0.5) is 0 Å². The highest BCUT2D eigenvalue weighted by Crippen LogP contribution is 2.21. The van der Waals surface area contributed by atoms with E-state index in [1.54, 1.807) is 12.1 Å². The van der Waals surface area contributed by atoms with Gasteiger partial charge in [-0.05, 0) is 18.2 Å². The fraction of sp³-hybridized carbons (Fsp3) is 0.500. The minimum absolute atomic E-state index is 0.113. The maximum atomic E-state index is 12.5. The molecule has 1 aromatic carbocycles. The van der Waals surface area contributed by atoms with Crippen molar-refractivity contribution >= 4 is 31.8 Å². The molecule has 10 heteroatoms. The highest BCUT2D eigenvalue weighted by Gasteiger charge is 2.33. The molecule has 1 aromatic rings. The largest absolute Gasteiger partial charge is 0.281 e. The minimum atomic E-state index is -3.66. The molecule has 1 fully saturated rings. The summed E-state index contributed by atoms with van der Waals surface area (Å²) in [5.74, 6) is 0. The van der Waals surface area contributed by atoms with Crippen molar-refractivity contribution in [2.24, 2.45) is 0 Å². The Hall–Kier alpha value is -0.710. The van der Waals surface area contributed by atoms with Crippen LogP contribution in [0.3, 0.4) is 0 Å². The Morgan fingerprint density at radius 3 is 2.05 bits per heavy atom. The summed E-state index contributed by atoms with van der Waals surface area (Å²) < 4.78 is 52.8. The molecule has 0 spiro atoms. The maximum Gasteiger partial charge on any atom is 0.281 e. The molecule has 1 heterocycles. The first-order chi connectivity index (χ1) is 10.2. The van der Waals surface area contributed by atoms with Gasteiger partial charge in [-0.3, -0.25) is 0 Å². The van der Waals surface area contributed by atoms with Crippen molar-refractivity contribution in [2.75, 3.05) is 40.3 Å². The van der Waals surface area contributed by atoms with E-state index in [1.165, 1.54) is 34.8 Å². The Bertz CT molecular complexity index is 741. The topological polar surface area (TPSA) is 78.0 Å². The number of benzene rings is 1. The highest BCUT2D eigenvalue weighted by molar-refractivity contribution is 7.89. The Morgan fingerprint density at radius 1 is 1.00 bits per heavy atom. The van der Waals surface area contributed by atoms with E-state index in [-0.39, 0.29) is 31.1 Å². The molecule has 7 nitrogen and oxygen atoms in total. The van der Waals surface area contributed by atoms with Crippen LogP contribution in [-0.4, -0.2) is 70.0 Å². The number of hydrogen-bond acceptors (Lipinski definition) is 4. The molecule has 1 aliphatic rings. The van der Waals surface area contributed by atoms with Crippen molar-refractivity contribution < 1.29 is 16.8 Å². The second kappa shape index (κ2) is 6.42. The van der Waals surface area contributed by atoms with Crippen LogP contribution in [0, 0.1) is 0 Å². The summed E-state index contributed by atoms with van der Waals surface area (Å²) in [7, 11) is -4.28. The van der Waals surface area contributed by atoms with Crippen LogP contribution >= 0.6 is 11.6 Å². The summed E-state index contributed by atoms with van der Waals surface area (Å²) in [6, 6.07) is 6.04. The maximum absolute atomic E-state index is 12.5. The van der Waals surface area contributed by atoms with E-state index in [0.717, 1.165) is 4.31 Å². The van der Waals surface area contributed by atoms with E-state index in [1.807, 2.05) is 0 Å². The molecule has 0 atom stereocenters. The van der Waals surface area contributed by atoms with Crippen LogP contribution in [0.5, 0.6) is 0 Å². The third-order valence-electron chi connectivity index (χ3n) is 3.42. The molecule has 0 radical (unpaired) electrons. The lowest BCUT2D eigenvalue weighted by Crippen LogP contribution is -2.52. The number of rotatable bonds is 4. The third-order valence-corrected chi connectivity index (χ3v) is 7.49. The van der Waals surface area contributed by atoms with Gasteiger partial charge in [-0.2, -0.15) is 21.3 Å². The standard InChI is InChI=1S/C12H18ClN3O4S2/c1-14(2)22(19,20)16-8-6-15(7-9-16)21(17,18)12-5-3-4-11(13)10-12/h3-5,10H,6-9H2,1-2H3. The molecule has 22 heavy (non-hydrogen) atoms. The Kier molecular flexibility index (Phi) is 5.15. The van der Waals surface area contributed by atoms with Crippen LogP contribution in [-0.2, 0) is 20.2 Å². The van der Waals surface area contributed by atoms with Crippen LogP contribution in [0.2, 0.25) is 5.02 Å². The van der Waals surface area contributed by atoms with Crippen molar-refractivity contribution in [3.05, 3.63) is 29.3 Å². The summed E-state index contributed by atoms with van der Waals surface area (Å²) in [5.41, 5.74) is 0. The molecule has 1 saturated heterocycles. The average molecular weight is 368 g/mol. The van der Waals surface area contributed by atoms with E-state index < -0.39 is 20.2 Å². The second-order valence-electron chi connectivity index (χ2n) is 5.05. The second-order valence-corrected chi connectivity index (χ2v) is 9.57. The van der Waals surface area contributed by atoms with Crippen molar-refractivity contribution in [2.45, 2.75) is 4.90 Å². The molecule has 2 rings (SSSR count). The minimum Gasteiger partial charge on any atom is -0.207 e. The quantitative estimate of drug-likeness (QED) is 0.774. The summed E-state index contributed by atoms with van der Waals surface area (Å²) in [6.07, 6.45) is 0. The average Bonchev–Trinajstić information content (AvgIpc) is 2.47. The van der Waals surface area contributed by atoms with Gasteiger partial charge < -0.3 is 0 Å². The SMILES string of the molecule is CN(C)S(=O)(=O)N1CCN(S(=O)(=O)c2cccc(Cl)c2)CC1. The van der Waals surface area contributed by atoms with Gasteiger partial charge in [-0.25, -0.2) is 8.42 Å². The first-order valence-electron chi connectivity index (χ1n) is 6.59. The number of sulfonamides is 1. The predicted molar refractivity (Wildman–Crippen MR) is 84.4 cm³/mol. The van der Waals surface area contributed by atoms with Crippen LogP contribution in [0.25, 0.3) is 0 Å². The molecule has 0 amide bonds. The van der Waals surface area contributed by atoms with Crippen LogP contribution < -0.4 is 0 Å². The number of piperazine rings is 1. The number of halogens is 1. The summed E-state index contributed by atoms with van der Waals surface area (Å²) in [5, 5.41) is 0.342. The van der Waals surface area contributed by atoms with Crippen LogP contribution in [0.15, 0.2) is 29.2 Å². The fourth-order valence-corrected chi connectivity index (χ4v) is 4.96. The van der Waals surface area contributed by atoms with Gasteiger partial charge in [0.1, 0.15) is 0 Å².